The first-order chi connectivity index (χ1) is 9.03. The number of carbonyl (C=O) groups excluding carboxylic acids is 1. The molecule has 3 nitrogen and oxygen atoms in total. The van der Waals surface area contributed by atoms with E-state index in [0.29, 0.717) is 18.0 Å². The molecule has 2 aromatic rings. The largest absolute Gasteiger partial charge is 0.351 e. The van der Waals surface area contributed by atoms with Gasteiger partial charge in [0.25, 0.3) is 5.91 Å². The number of nitrogens with zero attached hydrogens (tertiary/aromatic N) is 1. The Hall–Kier alpha value is -1.61. The zero-order chi connectivity index (χ0) is 13.9. The SMILES string of the molecule is CC(C)(CCl)CNC(=O)c1cccc2ncccc12. The molecule has 100 valence electrons. The molecule has 0 saturated heterocycles. The number of hydrogen-bond donors (Lipinski definition) is 1. The molecule has 0 fully saturated rings. The Morgan fingerprint density at radius 3 is 2.84 bits per heavy atom. The molecule has 0 bridgehead atoms. The molecule has 0 unspecified atom stereocenters. The molecular weight excluding hydrogens is 260 g/mol. The molecule has 1 aromatic carbocycles. The molecule has 0 aliphatic carbocycles. The fraction of sp³-hybridized carbons (Fsp3) is 0.333. The van der Waals surface area contributed by atoms with Crippen LogP contribution in [-0.4, -0.2) is 23.3 Å². The minimum atomic E-state index is -0.111. The van der Waals surface area contributed by atoms with Crippen molar-refractivity contribution in [3.05, 3.63) is 42.1 Å². The highest BCUT2D eigenvalue weighted by Crippen LogP contribution is 2.18. The van der Waals surface area contributed by atoms with Gasteiger partial charge in [0.15, 0.2) is 0 Å². The summed E-state index contributed by atoms with van der Waals surface area (Å²) >= 11 is 5.86. The van der Waals surface area contributed by atoms with Crippen LogP contribution in [-0.2, 0) is 0 Å². The van der Waals surface area contributed by atoms with Crippen molar-refractivity contribution in [2.75, 3.05) is 12.4 Å². The van der Waals surface area contributed by atoms with Gasteiger partial charge in [-0.15, -0.1) is 11.6 Å². The number of halogens is 1. The number of fused-ring (bicyclic) bond motifs is 1. The van der Waals surface area contributed by atoms with E-state index in [1.54, 1.807) is 6.20 Å². The topological polar surface area (TPSA) is 42.0 Å². The first kappa shape index (κ1) is 13.8. The maximum Gasteiger partial charge on any atom is 0.251 e. The first-order valence-electron chi connectivity index (χ1n) is 6.21. The number of benzene rings is 1. The molecule has 1 N–H and O–H groups in total. The molecule has 2 rings (SSSR count). The van der Waals surface area contributed by atoms with Gasteiger partial charge in [0.05, 0.1) is 5.52 Å². The molecule has 0 aliphatic heterocycles. The fourth-order valence-corrected chi connectivity index (χ4v) is 1.86. The Balaban J connectivity index is 2.23. The molecular formula is C15H17ClN2O. The van der Waals surface area contributed by atoms with E-state index in [0.717, 1.165) is 10.9 Å². The minimum absolute atomic E-state index is 0.0863. The van der Waals surface area contributed by atoms with Crippen LogP contribution in [0.3, 0.4) is 0 Å². The average Bonchev–Trinajstić information content (AvgIpc) is 2.44. The van der Waals surface area contributed by atoms with Crippen molar-refractivity contribution < 1.29 is 4.79 Å². The van der Waals surface area contributed by atoms with Crippen LogP contribution in [0.25, 0.3) is 10.9 Å². The van der Waals surface area contributed by atoms with Crippen molar-refractivity contribution in [3.8, 4) is 0 Å². The number of hydrogen-bond acceptors (Lipinski definition) is 2. The normalized spacial score (nSPS) is 11.5. The number of alkyl halides is 1. The highest BCUT2D eigenvalue weighted by molar-refractivity contribution is 6.18. The van der Waals surface area contributed by atoms with Crippen molar-refractivity contribution in [2.24, 2.45) is 5.41 Å². The summed E-state index contributed by atoms with van der Waals surface area (Å²) in [5.74, 6) is 0.418. The Morgan fingerprint density at radius 1 is 1.32 bits per heavy atom. The predicted octanol–water partition coefficient (Wildman–Crippen LogP) is 3.23. The Morgan fingerprint density at radius 2 is 2.11 bits per heavy atom. The van der Waals surface area contributed by atoms with Crippen molar-refractivity contribution in [2.45, 2.75) is 13.8 Å². The third-order valence-electron chi connectivity index (χ3n) is 2.98. The van der Waals surface area contributed by atoms with Crippen LogP contribution in [0.5, 0.6) is 0 Å². The second-order valence-electron chi connectivity index (χ2n) is 5.36. The van der Waals surface area contributed by atoms with Crippen molar-refractivity contribution in [1.29, 1.82) is 0 Å². The van der Waals surface area contributed by atoms with Gasteiger partial charge in [-0.1, -0.05) is 26.0 Å². The van der Waals surface area contributed by atoms with E-state index in [9.17, 15) is 4.79 Å². The number of rotatable bonds is 4. The van der Waals surface area contributed by atoms with Gasteiger partial charge in [0.2, 0.25) is 0 Å². The van der Waals surface area contributed by atoms with E-state index < -0.39 is 0 Å². The molecule has 0 saturated carbocycles. The lowest BCUT2D eigenvalue weighted by Crippen LogP contribution is -2.35. The van der Waals surface area contributed by atoms with Gasteiger partial charge < -0.3 is 5.32 Å². The summed E-state index contributed by atoms with van der Waals surface area (Å²) in [5, 5.41) is 3.80. The lowest BCUT2D eigenvalue weighted by Gasteiger charge is -2.21. The highest BCUT2D eigenvalue weighted by atomic mass is 35.5. The number of nitrogens with one attached hydrogen (secondary N) is 1. The van der Waals surface area contributed by atoms with E-state index in [1.807, 2.05) is 44.2 Å². The van der Waals surface area contributed by atoms with Crippen LogP contribution >= 0.6 is 11.6 Å². The van der Waals surface area contributed by atoms with E-state index in [1.165, 1.54) is 0 Å². The maximum atomic E-state index is 12.2. The van der Waals surface area contributed by atoms with Gasteiger partial charge in [0.1, 0.15) is 0 Å². The number of amides is 1. The van der Waals surface area contributed by atoms with Gasteiger partial charge in [-0.05, 0) is 23.6 Å². The summed E-state index contributed by atoms with van der Waals surface area (Å²) in [6, 6.07) is 9.30. The number of pyridine rings is 1. The molecule has 1 aromatic heterocycles. The van der Waals surface area contributed by atoms with Crippen LogP contribution in [0.2, 0.25) is 0 Å². The Labute approximate surface area is 118 Å². The predicted molar refractivity (Wildman–Crippen MR) is 78.6 cm³/mol. The summed E-state index contributed by atoms with van der Waals surface area (Å²) in [6.45, 7) is 4.59. The van der Waals surface area contributed by atoms with Gasteiger partial charge in [0, 0.05) is 29.6 Å². The molecule has 0 spiro atoms. The van der Waals surface area contributed by atoms with Crippen LogP contribution in [0.15, 0.2) is 36.5 Å². The second kappa shape index (κ2) is 5.57. The monoisotopic (exact) mass is 276 g/mol. The summed E-state index contributed by atoms with van der Waals surface area (Å²) in [4.78, 5) is 16.5. The molecule has 19 heavy (non-hydrogen) atoms. The van der Waals surface area contributed by atoms with Crippen LogP contribution in [0, 0.1) is 5.41 Å². The number of carbonyl (C=O) groups is 1. The van der Waals surface area contributed by atoms with Crippen LogP contribution in [0.1, 0.15) is 24.2 Å². The fourth-order valence-electron chi connectivity index (χ4n) is 1.76. The zero-order valence-electron chi connectivity index (χ0n) is 11.1. The molecule has 1 amide bonds. The summed E-state index contributed by atoms with van der Waals surface area (Å²) in [5.41, 5.74) is 1.36. The van der Waals surface area contributed by atoms with Crippen molar-refractivity contribution >= 4 is 28.4 Å². The van der Waals surface area contributed by atoms with E-state index in [-0.39, 0.29) is 11.3 Å². The summed E-state index contributed by atoms with van der Waals surface area (Å²) in [7, 11) is 0. The minimum Gasteiger partial charge on any atom is -0.351 e. The lowest BCUT2D eigenvalue weighted by atomic mass is 9.96. The molecule has 0 radical (unpaired) electrons. The smallest absolute Gasteiger partial charge is 0.251 e. The van der Waals surface area contributed by atoms with E-state index in [4.69, 9.17) is 11.6 Å². The summed E-state index contributed by atoms with van der Waals surface area (Å²) in [6.07, 6.45) is 1.72. The molecule has 4 heteroatoms. The summed E-state index contributed by atoms with van der Waals surface area (Å²) < 4.78 is 0. The van der Waals surface area contributed by atoms with E-state index in [2.05, 4.69) is 10.3 Å². The van der Waals surface area contributed by atoms with E-state index >= 15 is 0 Å². The molecule has 0 atom stereocenters. The van der Waals surface area contributed by atoms with Gasteiger partial charge in [-0.3, -0.25) is 9.78 Å². The molecule has 1 heterocycles. The average molecular weight is 277 g/mol. The van der Waals surface area contributed by atoms with Crippen molar-refractivity contribution in [3.63, 3.8) is 0 Å². The van der Waals surface area contributed by atoms with Crippen molar-refractivity contribution in [1.82, 2.24) is 10.3 Å². The lowest BCUT2D eigenvalue weighted by molar-refractivity contribution is 0.0941. The van der Waals surface area contributed by atoms with Gasteiger partial charge in [-0.25, -0.2) is 0 Å². The standard InChI is InChI=1S/C15H17ClN2O/c1-15(2,9-16)10-18-14(19)12-5-3-7-13-11(12)6-4-8-17-13/h3-8H,9-10H2,1-2H3,(H,18,19). The second-order valence-corrected chi connectivity index (χ2v) is 5.62. The van der Waals surface area contributed by atoms with Crippen LogP contribution < -0.4 is 5.32 Å². The maximum absolute atomic E-state index is 12.2. The Kier molecular flexibility index (Phi) is 4.05. The molecule has 0 aliphatic rings. The quantitative estimate of drug-likeness (QED) is 0.871. The van der Waals surface area contributed by atoms with Gasteiger partial charge >= 0.3 is 0 Å². The third kappa shape index (κ3) is 3.24. The highest BCUT2D eigenvalue weighted by Gasteiger charge is 2.18. The van der Waals surface area contributed by atoms with Gasteiger partial charge in [-0.2, -0.15) is 0 Å². The number of aromatic nitrogens is 1. The third-order valence-corrected chi connectivity index (χ3v) is 3.70. The zero-order valence-corrected chi connectivity index (χ0v) is 11.9. The first-order valence-corrected chi connectivity index (χ1v) is 6.75. The Bertz CT molecular complexity index is 590. The van der Waals surface area contributed by atoms with Crippen LogP contribution in [0.4, 0.5) is 0 Å².